The molecule has 0 aliphatic carbocycles. The van der Waals surface area contributed by atoms with E-state index >= 15 is 0 Å². The summed E-state index contributed by atoms with van der Waals surface area (Å²) in [4.78, 5) is 41.0. The van der Waals surface area contributed by atoms with E-state index in [4.69, 9.17) is 5.84 Å². The van der Waals surface area contributed by atoms with Crippen molar-refractivity contribution in [1.29, 1.82) is 0 Å². The summed E-state index contributed by atoms with van der Waals surface area (Å²) >= 11 is 1.18. The Hall–Kier alpha value is -2.85. The van der Waals surface area contributed by atoms with Crippen molar-refractivity contribution in [3.05, 3.63) is 56.7 Å². The fourth-order valence-electron chi connectivity index (χ4n) is 3.00. The standard InChI is InChI=1S/C18H22N6O3S/c1-22-15-14(16(26)23(2)18(22)27)24(17(20-15)28-11-13(25)21-19)10-6-9-12-7-4-3-5-8-12/h3-5,7-8H,6,9-11,19H2,1-2H3,(H,21,25). The van der Waals surface area contributed by atoms with E-state index < -0.39 is 11.2 Å². The van der Waals surface area contributed by atoms with Crippen LogP contribution in [0.2, 0.25) is 0 Å². The molecule has 0 unspecified atom stereocenters. The van der Waals surface area contributed by atoms with Crippen LogP contribution in [0.3, 0.4) is 0 Å². The molecule has 1 aromatic carbocycles. The number of fused-ring (bicyclic) bond motifs is 1. The van der Waals surface area contributed by atoms with Crippen molar-refractivity contribution in [1.82, 2.24) is 24.1 Å². The number of amides is 1. The van der Waals surface area contributed by atoms with E-state index in [9.17, 15) is 14.4 Å². The van der Waals surface area contributed by atoms with Gasteiger partial charge in [0.25, 0.3) is 5.56 Å². The number of hydrazine groups is 1. The molecule has 2 aromatic heterocycles. The second-order valence-corrected chi connectivity index (χ2v) is 7.31. The number of nitrogens with one attached hydrogen (secondary N) is 1. The topological polar surface area (TPSA) is 117 Å². The maximum Gasteiger partial charge on any atom is 0.332 e. The molecule has 1 amide bonds. The van der Waals surface area contributed by atoms with Crippen LogP contribution in [0.5, 0.6) is 0 Å². The van der Waals surface area contributed by atoms with Gasteiger partial charge in [-0.2, -0.15) is 0 Å². The van der Waals surface area contributed by atoms with Crippen molar-refractivity contribution in [3.8, 4) is 0 Å². The second-order valence-electron chi connectivity index (χ2n) is 6.37. The van der Waals surface area contributed by atoms with Gasteiger partial charge >= 0.3 is 5.69 Å². The molecule has 0 fully saturated rings. The van der Waals surface area contributed by atoms with Gasteiger partial charge in [-0.05, 0) is 18.4 Å². The minimum Gasteiger partial charge on any atom is -0.313 e. The van der Waals surface area contributed by atoms with E-state index in [1.807, 2.05) is 18.2 Å². The van der Waals surface area contributed by atoms with E-state index in [2.05, 4.69) is 22.5 Å². The average Bonchev–Trinajstić information content (AvgIpc) is 3.08. The van der Waals surface area contributed by atoms with Crippen molar-refractivity contribution in [3.63, 3.8) is 0 Å². The Labute approximate surface area is 165 Å². The maximum absolute atomic E-state index is 12.7. The lowest BCUT2D eigenvalue weighted by atomic mass is 10.1. The zero-order chi connectivity index (χ0) is 20.3. The number of rotatable bonds is 7. The van der Waals surface area contributed by atoms with Gasteiger partial charge in [-0.3, -0.25) is 24.1 Å². The first-order chi connectivity index (χ1) is 13.4. The number of hydrogen-bond acceptors (Lipinski definition) is 6. The highest BCUT2D eigenvalue weighted by molar-refractivity contribution is 7.99. The first kappa shape index (κ1) is 19.9. The molecular weight excluding hydrogens is 380 g/mol. The lowest BCUT2D eigenvalue weighted by Crippen LogP contribution is -2.37. The predicted molar refractivity (Wildman–Crippen MR) is 108 cm³/mol. The molecule has 0 spiro atoms. The largest absolute Gasteiger partial charge is 0.332 e. The molecule has 0 saturated heterocycles. The van der Waals surface area contributed by atoms with Gasteiger partial charge < -0.3 is 4.57 Å². The summed E-state index contributed by atoms with van der Waals surface area (Å²) in [6.45, 7) is 0.533. The van der Waals surface area contributed by atoms with Gasteiger partial charge in [0, 0.05) is 20.6 Å². The number of thioether (sulfide) groups is 1. The van der Waals surface area contributed by atoms with Gasteiger partial charge in [0.05, 0.1) is 5.75 Å². The van der Waals surface area contributed by atoms with E-state index in [0.29, 0.717) is 22.9 Å². The highest BCUT2D eigenvalue weighted by atomic mass is 32.2. The summed E-state index contributed by atoms with van der Waals surface area (Å²) in [6, 6.07) is 10.0. The Morgan fingerprint density at radius 3 is 2.57 bits per heavy atom. The monoisotopic (exact) mass is 402 g/mol. The number of carbonyl (C=O) groups excluding carboxylic acids is 1. The molecule has 0 atom stereocenters. The quantitative estimate of drug-likeness (QED) is 0.251. The molecule has 3 N–H and O–H groups in total. The first-order valence-corrected chi connectivity index (χ1v) is 9.75. The summed E-state index contributed by atoms with van der Waals surface area (Å²) < 4.78 is 4.20. The molecule has 0 radical (unpaired) electrons. The number of benzene rings is 1. The van der Waals surface area contributed by atoms with Crippen LogP contribution in [0.15, 0.2) is 45.1 Å². The Morgan fingerprint density at radius 1 is 1.18 bits per heavy atom. The summed E-state index contributed by atoms with van der Waals surface area (Å²) in [5, 5.41) is 0.505. The molecule has 9 nitrogen and oxygen atoms in total. The molecule has 0 saturated carbocycles. The fourth-order valence-corrected chi connectivity index (χ4v) is 3.83. The predicted octanol–water partition coefficient (Wildman–Crippen LogP) is 0.148. The Bertz CT molecular complexity index is 1120. The van der Waals surface area contributed by atoms with Gasteiger partial charge in [0.15, 0.2) is 16.3 Å². The molecule has 2 heterocycles. The van der Waals surface area contributed by atoms with Gasteiger partial charge in [0.1, 0.15) is 0 Å². The van der Waals surface area contributed by atoms with Crippen molar-refractivity contribution in [2.24, 2.45) is 19.9 Å². The van der Waals surface area contributed by atoms with Crippen molar-refractivity contribution in [2.45, 2.75) is 24.5 Å². The van der Waals surface area contributed by atoms with E-state index in [-0.39, 0.29) is 11.7 Å². The SMILES string of the molecule is Cn1c(=O)c2c(nc(SCC(=O)NN)n2CCCc2ccccc2)n(C)c1=O. The number of carbonyl (C=O) groups is 1. The summed E-state index contributed by atoms with van der Waals surface area (Å²) in [5.74, 6) is 4.85. The van der Waals surface area contributed by atoms with Crippen LogP contribution in [0.4, 0.5) is 0 Å². The van der Waals surface area contributed by atoms with Gasteiger partial charge in [-0.1, -0.05) is 42.1 Å². The molecular formula is C18H22N6O3S. The highest BCUT2D eigenvalue weighted by Gasteiger charge is 2.19. The van der Waals surface area contributed by atoms with E-state index in [1.165, 1.54) is 28.9 Å². The summed E-state index contributed by atoms with van der Waals surface area (Å²) in [5.41, 5.74) is 3.09. The van der Waals surface area contributed by atoms with Crippen LogP contribution in [0.1, 0.15) is 12.0 Å². The van der Waals surface area contributed by atoms with Crippen LogP contribution in [0.25, 0.3) is 11.2 Å². The summed E-state index contributed by atoms with van der Waals surface area (Å²) in [7, 11) is 3.02. The van der Waals surface area contributed by atoms with E-state index in [0.717, 1.165) is 17.4 Å². The smallest absolute Gasteiger partial charge is 0.313 e. The maximum atomic E-state index is 12.7. The zero-order valence-electron chi connectivity index (χ0n) is 15.7. The normalized spacial score (nSPS) is 11.1. The molecule has 0 bridgehead atoms. The van der Waals surface area contributed by atoms with Crippen LogP contribution in [-0.2, 0) is 31.9 Å². The third-order valence-corrected chi connectivity index (χ3v) is 5.47. The molecule has 0 aliphatic heterocycles. The van der Waals surface area contributed by atoms with Crippen molar-refractivity contribution in [2.75, 3.05) is 5.75 Å². The molecule has 28 heavy (non-hydrogen) atoms. The van der Waals surface area contributed by atoms with Crippen LogP contribution < -0.4 is 22.5 Å². The lowest BCUT2D eigenvalue weighted by Gasteiger charge is -2.09. The number of imidazole rings is 1. The third kappa shape index (κ3) is 3.87. The molecule has 10 heteroatoms. The second kappa shape index (κ2) is 8.44. The zero-order valence-corrected chi connectivity index (χ0v) is 16.5. The number of aryl methyl sites for hydroxylation is 3. The first-order valence-electron chi connectivity index (χ1n) is 8.76. The molecule has 3 rings (SSSR count). The van der Waals surface area contributed by atoms with Crippen LogP contribution >= 0.6 is 11.8 Å². The minimum atomic E-state index is -0.442. The number of nitrogens with two attached hydrogens (primary N) is 1. The molecule has 3 aromatic rings. The number of nitrogens with zero attached hydrogens (tertiary/aromatic N) is 4. The average molecular weight is 402 g/mol. The Balaban J connectivity index is 1.99. The van der Waals surface area contributed by atoms with Gasteiger partial charge in [0.2, 0.25) is 5.91 Å². The Kier molecular flexibility index (Phi) is 6.00. The fraction of sp³-hybridized carbons (Fsp3) is 0.333. The number of aromatic nitrogens is 4. The molecule has 0 aliphatic rings. The van der Waals surface area contributed by atoms with Crippen LogP contribution in [0, 0.1) is 0 Å². The highest BCUT2D eigenvalue weighted by Crippen LogP contribution is 2.22. The third-order valence-electron chi connectivity index (χ3n) is 4.50. The minimum absolute atomic E-state index is 0.0623. The molecule has 148 valence electrons. The van der Waals surface area contributed by atoms with Gasteiger partial charge in [-0.25, -0.2) is 15.6 Å². The van der Waals surface area contributed by atoms with Crippen molar-refractivity contribution >= 4 is 28.8 Å². The Morgan fingerprint density at radius 2 is 1.89 bits per heavy atom. The lowest BCUT2D eigenvalue weighted by molar-refractivity contribution is -0.118. The van der Waals surface area contributed by atoms with E-state index in [1.54, 1.807) is 11.6 Å². The number of hydrogen-bond donors (Lipinski definition) is 2. The van der Waals surface area contributed by atoms with Crippen LogP contribution in [-0.4, -0.2) is 30.3 Å². The summed E-state index contributed by atoms with van der Waals surface area (Å²) in [6.07, 6.45) is 1.61. The van der Waals surface area contributed by atoms with Gasteiger partial charge in [-0.15, -0.1) is 0 Å². The van der Waals surface area contributed by atoms with Crippen molar-refractivity contribution < 1.29 is 4.79 Å².